The molecule has 2 saturated heterocycles. The van der Waals surface area contributed by atoms with Crippen LogP contribution in [0.5, 0.6) is 0 Å². The quantitative estimate of drug-likeness (QED) is 0.797. The van der Waals surface area contributed by atoms with E-state index in [1.807, 2.05) is 18.0 Å². The van der Waals surface area contributed by atoms with E-state index >= 15 is 0 Å². The second-order valence-electron chi connectivity index (χ2n) is 7.80. The van der Waals surface area contributed by atoms with Gasteiger partial charge in [0.2, 0.25) is 15.9 Å². The first-order chi connectivity index (χ1) is 12.4. The highest BCUT2D eigenvalue weighted by atomic mass is 32.2. The van der Waals surface area contributed by atoms with Gasteiger partial charge in [0, 0.05) is 32.7 Å². The van der Waals surface area contributed by atoms with Crippen molar-refractivity contribution in [1.29, 1.82) is 0 Å². The number of sulfonamides is 1. The minimum atomic E-state index is -3.41. The molecule has 0 saturated carbocycles. The van der Waals surface area contributed by atoms with Crippen LogP contribution < -0.4 is 0 Å². The fourth-order valence-corrected chi connectivity index (χ4v) is 5.92. The molecule has 0 aromatic heterocycles. The van der Waals surface area contributed by atoms with Crippen LogP contribution in [0.4, 0.5) is 0 Å². The van der Waals surface area contributed by atoms with Crippen molar-refractivity contribution in [1.82, 2.24) is 14.1 Å². The summed E-state index contributed by atoms with van der Waals surface area (Å²) < 4.78 is 27.2. The summed E-state index contributed by atoms with van der Waals surface area (Å²) in [5.74, 6) is 0.297. The molecule has 2 fully saturated rings. The number of likely N-dealkylation sites (tertiary alicyclic amines) is 1. The zero-order chi connectivity index (χ0) is 18.3. The number of rotatable bonds is 3. The lowest BCUT2D eigenvalue weighted by Gasteiger charge is -2.31. The highest BCUT2D eigenvalue weighted by Crippen LogP contribution is 2.28. The number of carbonyl (C=O) groups is 1. The van der Waals surface area contributed by atoms with Crippen LogP contribution in [0.1, 0.15) is 30.4 Å². The highest BCUT2D eigenvalue weighted by Gasteiger charge is 2.32. The van der Waals surface area contributed by atoms with E-state index in [1.54, 1.807) is 16.4 Å². The van der Waals surface area contributed by atoms with Gasteiger partial charge in [-0.3, -0.25) is 4.79 Å². The van der Waals surface area contributed by atoms with Crippen molar-refractivity contribution >= 4 is 15.9 Å². The maximum Gasteiger partial charge on any atom is 0.243 e. The summed E-state index contributed by atoms with van der Waals surface area (Å²) in [7, 11) is -1.36. The maximum absolute atomic E-state index is 12.8. The van der Waals surface area contributed by atoms with Gasteiger partial charge in [-0.05, 0) is 62.5 Å². The van der Waals surface area contributed by atoms with Crippen molar-refractivity contribution in [2.45, 2.75) is 37.1 Å². The summed E-state index contributed by atoms with van der Waals surface area (Å²) in [6.45, 7) is 4.27. The standard InChI is InChI=1S/C19H27N3O3S/c1-20-10-6-16(13-20)19(23)21-11-7-15-4-5-18(12-17(15)14-21)26(24,25)22-8-2-3-9-22/h4-5,12,16H,2-3,6-11,13-14H2,1H3. The lowest BCUT2D eigenvalue weighted by Crippen LogP contribution is -2.40. The van der Waals surface area contributed by atoms with Crippen molar-refractivity contribution < 1.29 is 13.2 Å². The molecule has 0 radical (unpaired) electrons. The van der Waals surface area contributed by atoms with Gasteiger partial charge in [-0.2, -0.15) is 4.31 Å². The van der Waals surface area contributed by atoms with Crippen LogP contribution in [0.15, 0.2) is 23.1 Å². The van der Waals surface area contributed by atoms with E-state index in [0.717, 1.165) is 56.4 Å². The van der Waals surface area contributed by atoms with E-state index in [1.165, 1.54) is 0 Å². The summed E-state index contributed by atoms with van der Waals surface area (Å²) in [6, 6.07) is 5.46. The molecule has 3 aliphatic heterocycles. The molecule has 1 unspecified atom stereocenters. The molecular formula is C19H27N3O3S. The summed E-state index contributed by atoms with van der Waals surface area (Å²) in [5.41, 5.74) is 2.15. The average Bonchev–Trinajstić information content (AvgIpc) is 3.32. The average molecular weight is 378 g/mol. The van der Waals surface area contributed by atoms with Crippen molar-refractivity contribution in [3.63, 3.8) is 0 Å². The zero-order valence-electron chi connectivity index (χ0n) is 15.4. The predicted octanol–water partition coefficient (Wildman–Crippen LogP) is 1.31. The van der Waals surface area contributed by atoms with Gasteiger partial charge in [-0.25, -0.2) is 8.42 Å². The van der Waals surface area contributed by atoms with Gasteiger partial charge >= 0.3 is 0 Å². The first-order valence-electron chi connectivity index (χ1n) is 9.54. The van der Waals surface area contributed by atoms with E-state index in [4.69, 9.17) is 0 Å². The molecule has 1 aromatic carbocycles. The summed E-state index contributed by atoms with van der Waals surface area (Å²) in [6.07, 6.45) is 3.58. The van der Waals surface area contributed by atoms with Crippen LogP contribution in [-0.4, -0.2) is 68.2 Å². The lowest BCUT2D eigenvalue weighted by atomic mass is 9.98. The normalized spacial score (nSPS) is 24.8. The fourth-order valence-electron chi connectivity index (χ4n) is 4.35. The first-order valence-corrected chi connectivity index (χ1v) is 11.0. The second-order valence-corrected chi connectivity index (χ2v) is 9.74. The Morgan fingerprint density at radius 1 is 1.08 bits per heavy atom. The number of hydrogen-bond donors (Lipinski definition) is 0. The molecule has 26 heavy (non-hydrogen) atoms. The van der Waals surface area contributed by atoms with E-state index in [9.17, 15) is 13.2 Å². The van der Waals surface area contributed by atoms with Gasteiger partial charge in [-0.15, -0.1) is 0 Å². The monoisotopic (exact) mass is 377 g/mol. The maximum atomic E-state index is 12.8. The third kappa shape index (κ3) is 3.28. The fraction of sp³-hybridized carbons (Fsp3) is 0.632. The second kappa shape index (κ2) is 6.94. The molecule has 3 heterocycles. The van der Waals surface area contributed by atoms with Gasteiger partial charge in [0.15, 0.2) is 0 Å². The van der Waals surface area contributed by atoms with Gasteiger partial charge in [0.1, 0.15) is 0 Å². The number of hydrogen-bond acceptors (Lipinski definition) is 4. The van der Waals surface area contributed by atoms with Crippen LogP contribution in [0.25, 0.3) is 0 Å². The Kier molecular flexibility index (Phi) is 4.79. The summed E-state index contributed by atoms with van der Waals surface area (Å²) in [5, 5.41) is 0. The van der Waals surface area contributed by atoms with Crippen molar-refractivity contribution in [2.75, 3.05) is 39.8 Å². The Labute approximate surface area is 155 Å². The molecule has 0 spiro atoms. The molecule has 0 N–H and O–H groups in total. The van der Waals surface area contributed by atoms with Crippen LogP contribution in [-0.2, 0) is 27.8 Å². The largest absolute Gasteiger partial charge is 0.338 e. The smallest absolute Gasteiger partial charge is 0.243 e. The lowest BCUT2D eigenvalue weighted by molar-refractivity contribution is -0.136. The first kappa shape index (κ1) is 17.9. The van der Waals surface area contributed by atoms with Gasteiger partial charge < -0.3 is 9.80 Å². The minimum absolute atomic E-state index is 0.0815. The number of benzene rings is 1. The molecule has 4 rings (SSSR count). The SMILES string of the molecule is CN1CCC(C(=O)N2CCc3ccc(S(=O)(=O)N4CCCC4)cc3C2)C1. The molecule has 142 valence electrons. The number of carbonyl (C=O) groups excluding carboxylic acids is 1. The molecule has 7 heteroatoms. The molecule has 1 amide bonds. The molecule has 3 aliphatic rings. The van der Waals surface area contributed by atoms with Crippen LogP contribution in [0.3, 0.4) is 0 Å². The molecule has 0 aliphatic carbocycles. The van der Waals surface area contributed by atoms with E-state index < -0.39 is 10.0 Å². The third-order valence-corrected chi connectivity index (χ3v) is 7.84. The van der Waals surface area contributed by atoms with Crippen molar-refractivity contribution in [3.8, 4) is 0 Å². The Hall–Kier alpha value is -1.44. The van der Waals surface area contributed by atoms with Crippen LogP contribution in [0, 0.1) is 5.92 Å². The number of fused-ring (bicyclic) bond motifs is 1. The van der Waals surface area contributed by atoms with Crippen molar-refractivity contribution in [2.24, 2.45) is 5.92 Å². The molecular weight excluding hydrogens is 350 g/mol. The van der Waals surface area contributed by atoms with E-state index in [-0.39, 0.29) is 11.8 Å². The van der Waals surface area contributed by atoms with Gasteiger partial charge in [0.05, 0.1) is 10.8 Å². The molecule has 0 bridgehead atoms. The van der Waals surface area contributed by atoms with Crippen LogP contribution in [0.2, 0.25) is 0 Å². The number of amides is 1. The van der Waals surface area contributed by atoms with Gasteiger partial charge in [-0.1, -0.05) is 6.07 Å². The Morgan fingerprint density at radius 2 is 1.85 bits per heavy atom. The topological polar surface area (TPSA) is 60.9 Å². The molecule has 1 aromatic rings. The Morgan fingerprint density at radius 3 is 2.54 bits per heavy atom. The highest BCUT2D eigenvalue weighted by molar-refractivity contribution is 7.89. The molecule has 1 atom stereocenters. The number of nitrogens with zero attached hydrogens (tertiary/aromatic N) is 3. The zero-order valence-corrected chi connectivity index (χ0v) is 16.2. The third-order valence-electron chi connectivity index (χ3n) is 5.95. The van der Waals surface area contributed by atoms with Crippen molar-refractivity contribution in [3.05, 3.63) is 29.3 Å². The van der Waals surface area contributed by atoms with Gasteiger partial charge in [0.25, 0.3) is 0 Å². The molecule has 6 nitrogen and oxygen atoms in total. The van der Waals surface area contributed by atoms with E-state index in [0.29, 0.717) is 24.5 Å². The minimum Gasteiger partial charge on any atom is -0.338 e. The van der Waals surface area contributed by atoms with E-state index in [2.05, 4.69) is 4.90 Å². The summed E-state index contributed by atoms with van der Waals surface area (Å²) >= 11 is 0. The Balaban J connectivity index is 1.54. The van der Waals surface area contributed by atoms with Crippen LogP contribution >= 0.6 is 0 Å². The summed E-state index contributed by atoms with van der Waals surface area (Å²) in [4.78, 5) is 17.3. The predicted molar refractivity (Wildman–Crippen MR) is 99.2 cm³/mol. The Bertz CT molecular complexity index is 802.